The number of phosphoric ester groups is 1. The van der Waals surface area contributed by atoms with Gasteiger partial charge in [0.05, 0.1) is 6.61 Å². The Morgan fingerprint density at radius 2 is 1.90 bits per heavy atom. The monoisotopic (exact) mass is 497 g/mol. The van der Waals surface area contributed by atoms with Crippen LogP contribution in [-0.2, 0) is 31.6 Å². The van der Waals surface area contributed by atoms with Crippen LogP contribution in [-0.4, -0.2) is 66.1 Å². The number of phosphoric acid groups is 3. The number of aliphatic imine (C=N–C) groups is 1. The molecule has 0 saturated carbocycles. The van der Waals surface area contributed by atoms with E-state index in [-0.39, 0.29) is 11.7 Å². The Morgan fingerprint density at radius 1 is 1.30 bits per heavy atom. The largest absolute Gasteiger partial charge is 0.490 e. The van der Waals surface area contributed by atoms with Crippen molar-refractivity contribution >= 4 is 29.3 Å². The van der Waals surface area contributed by atoms with Crippen molar-refractivity contribution in [1.82, 2.24) is 4.90 Å². The van der Waals surface area contributed by atoms with Gasteiger partial charge in [0.2, 0.25) is 0 Å². The smallest absolute Gasteiger partial charge is 0.384 e. The van der Waals surface area contributed by atoms with E-state index in [4.69, 9.17) is 25.2 Å². The number of halogens is 1. The predicted molar refractivity (Wildman–Crippen MR) is 95.7 cm³/mol. The maximum atomic E-state index is 14.7. The molecule has 0 spiro atoms. The molecule has 6 atom stereocenters. The summed E-state index contributed by atoms with van der Waals surface area (Å²) in [5.41, 5.74) is 3.30. The Labute approximate surface area is 168 Å². The molecule has 0 bridgehead atoms. The van der Waals surface area contributed by atoms with E-state index in [0.29, 0.717) is 0 Å². The average molecular weight is 497 g/mol. The van der Waals surface area contributed by atoms with Gasteiger partial charge < -0.3 is 40.1 Å². The third kappa shape index (κ3) is 6.26. The minimum absolute atomic E-state index is 0.000936. The maximum absolute atomic E-state index is 14.7. The molecule has 19 heteroatoms. The fourth-order valence-electron chi connectivity index (χ4n) is 2.53. The van der Waals surface area contributed by atoms with Crippen LogP contribution in [0.1, 0.15) is 6.92 Å². The molecule has 2 aliphatic heterocycles. The van der Waals surface area contributed by atoms with Crippen LogP contribution in [0.15, 0.2) is 29.7 Å². The quantitative estimate of drug-likeness (QED) is 0.239. The first-order chi connectivity index (χ1) is 13.4. The van der Waals surface area contributed by atoms with E-state index in [1.165, 1.54) is 12.3 Å². The summed E-state index contributed by atoms with van der Waals surface area (Å²) in [7, 11) is -16.8. The first-order valence-corrected chi connectivity index (χ1v) is 12.3. The number of aliphatic hydroxyl groups is 1. The number of ether oxygens (including phenoxy) is 1. The number of nitrogens with two attached hydrogens (primary N) is 1. The molecule has 2 heterocycles. The van der Waals surface area contributed by atoms with Gasteiger partial charge in [-0.25, -0.2) is 23.1 Å². The van der Waals surface area contributed by atoms with E-state index in [9.17, 15) is 28.1 Å². The molecular weight excluding hydrogens is 478 g/mol. The van der Waals surface area contributed by atoms with Crippen molar-refractivity contribution in [2.24, 2.45) is 10.7 Å². The number of nitrogens with zero attached hydrogens (tertiary/aromatic N) is 2. The lowest BCUT2D eigenvalue weighted by Crippen LogP contribution is -2.50. The molecule has 0 aliphatic carbocycles. The first kappa shape index (κ1) is 25.3. The topological polar surface area (TPSA) is 231 Å². The van der Waals surface area contributed by atoms with Crippen molar-refractivity contribution in [3.05, 3.63) is 24.7 Å². The number of amidine groups is 1. The van der Waals surface area contributed by atoms with Crippen LogP contribution in [0.25, 0.3) is 0 Å². The highest BCUT2D eigenvalue weighted by Gasteiger charge is 2.56. The van der Waals surface area contributed by atoms with E-state index in [0.717, 1.165) is 11.8 Å². The zero-order chi connectivity index (χ0) is 23.1. The van der Waals surface area contributed by atoms with Gasteiger partial charge in [0.15, 0.2) is 12.4 Å². The second-order valence-corrected chi connectivity index (χ2v) is 10.6. The van der Waals surface area contributed by atoms with Crippen LogP contribution in [0.4, 0.5) is 4.39 Å². The van der Waals surface area contributed by atoms with Gasteiger partial charge >= 0.3 is 23.5 Å². The minimum atomic E-state index is -5.73. The zero-order valence-corrected chi connectivity index (χ0v) is 17.8. The lowest BCUT2D eigenvalue weighted by atomic mass is 9.97. The second kappa shape index (κ2) is 8.51. The van der Waals surface area contributed by atoms with Gasteiger partial charge in [0, 0.05) is 6.20 Å². The fraction of sp³-hybridized carbons (Fsp3) is 0.545. The standard InChI is InChI=1S/C11H19FN3O12P3/c1-6-14-8(13)3-4-15(6)10-11(2,16)9(12)7(25-10)5-24-29(20,21)27-30(22,23)26-28(17,18)19/h3-4,7,9-10,16H,1,5H2,2H3,(H2,13,14)(H,20,21)(H,22,23)(H2,17,18,19)/t7-,9+,10-,11?/m1/s1. The summed E-state index contributed by atoms with van der Waals surface area (Å²) in [6.07, 6.45) is -2.66. The molecule has 30 heavy (non-hydrogen) atoms. The normalized spacial score (nSPS) is 33.8. The van der Waals surface area contributed by atoms with Gasteiger partial charge in [-0.05, 0) is 13.0 Å². The summed E-state index contributed by atoms with van der Waals surface area (Å²) in [5, 5.41) is 10.5. The van der Waals surface area contributed by atoms with E-state index >= 15 is 0 Å². The molecule has 15 nitrogen and oxygen atoms in total. The molecule has 3 unspecified atom stereocenters. The van der Waals surface area contributed by atoms with Gasteiger partial charge in [0.1, 0.15) is 23.4 Å². The molecular formula is C11H19FN3O12P3. The van der Waals surface area contributed by atoms with Crippen LogP contribution in [0.5, 0.6) is 0 Å². The average Bonchev–Trinajstić information content (AvgIpc) is 2.73. The Balaban J connectivity index is 2.06. The first-order valence-electron chi connectivity index (χ1n) is 7.73. The second-order valence-electron chi connectivity index (χ2n) is 6.22. The third-order valence-corrected chi connectivity index (χ3v) is 7.52. The molecule has 0 amide bonds. The van der Waals surface area contributed by atoms with Gasteiger partial charge in [0.25, 0.3) is 0 Å². The summed E-state index contributed by atoms with van der Waals surface area (Å²) in [6.45, 7) is 3.57. The summed E-state index contributed by atoms with van der Waals surface area (Å²) in [4.78, 5) is 40.5. The van der Waals surface area contributed by atoms with Crippen molar-refractivity contribution in [3.63, 3.8) is 0 Å². The molecule has 172 valence electrons. The van der Waals surface area contributed by atoms with Gasteiger partial charge in [-0.1, -0.05) is 6.58 Å². The van der Waals surface area contributed by atoms with Crippen molar-refractivity contribution in [2.45, 2.75) is 31.0 Å². The molecule has 0 aromatic carbocycles. The van der Waals surface area contributed by atoms with Crippen LogP contribution in [0.3, 0.4) is 0 Å². The summed E-state index contributed by atoms with van der Waals surface area (Å²) >= 11 is 0. The van der Waals surface area contributed by atoms with E-state index < -0.39 is 54.2 Å². The number of rotatable bonds is 8. The van der Waals surface area contributed by atoms with E-state index in [2.05, 4.69) is 24.7 Å². The Bertz CT molecular complexity index is 903. The summed E-state index contributed by atoms with van der Waals surface area (Å²) in [5.74, 6) is 0.0934. The Hall–Kier alpha value is -0.990. The van der Waals surface area contributed by atoms with E-state index in [1.54, 1.807) is 0 Å². The van der Waals surface area contributed by atoms with Gasteiger partial charge in [-0.2, -0.15) is 8.62 Å². The van der Waals surface area contributed by atoms with Crippen molar-refractivity contribution in [1.29, 1.82) is 0 Å². The van der Waals surface area contributed by atoms with Crippen LogP contribution in [0, 0.1) is 0 Å². The molecule has 0 radical (unpaired) electrons. The predicted octanol–water partition coefficient (Wildman–Crippen LogP) is -0.199. The molecule has 1 saturated heterocycles. The molecule has 2 rings (SSSR count). The Morgan fingerprint density at radius 3 is 2.43 bits per heavy atom. The highest BCUT2D eigenvalue weighted by molar-refractivity contribution is 7.66. The summed E-state index contributed by atoms with van der Waals surface area (Å²) < 4.78 is 65.0. The Kier molecular flexibility index (Phi) is 7.17. The lowest BCUT2D eigenvalue weighted by Gasteiger charge is -2.35. The van der Waals surface area contributed by atoms with Gasteiger partial charge in [-0.15, -0.1) is 0 Å². The van der Waals surface area contributed by atoms with Crippen LogP contribution in [0.2, 0.25) is 0 Å². The van der Waals surface area contributed by atoms with Crippen molar-refractivity contribution < 1.29 is 60.6 Å². The van der Waals surface area contributed by atoms with Gasteiger partial charge in [-0.3, -0.25) is 4.52 Å². The highest BCUT2D eigenvalue weighted by Crippen LogP contribution is 2.66. The highest BCUT2D eigenvalue weighted by atomic mass is 31.3. The number of hydrogen-bond acceptors (Lipinski definition) is 11. The van der Waals surface area contributed by atoms with Crippen molar-refractivity contribution in [2.75, 3.05) is 6.61 Å². The fourth-order valence-corrected chi connectivity index (χ4v) is 5.56. The molecule has 0 aromatic heterocycles. The number of hydrogen-bond donors (Lipinski definition) is 6. The van der Waals surface area contributed by atoms with Crippen LogP contribution >= 0.6 is 23.5 Å². The molecule has 0 aromatic rings. The zero-order valence-electron chi connectivity index (χ0n) is 15.1. The maximum Gasteiger partial charge on any atom is 0.490 e. The van der Waals surface area contributed by atoms with E-state index in [1.807, 2.05) is 0 Å². The van der Waals surface area contributed by atoms with Crippen LogP contribution < -0.4 is 5.73 Å². The number of alkyl halides is 1. The summed E-state index contributed by atoms with van der Waals surface area (Å²) in [6, 6.07) is 0. The molecule has 2 aliphatic rings. The third-order valence-electron chi connectivity index (χ3n) is 3.72. The molecule has 7 N–H and O–H groups in total. The minimum Gasteiger partial charge on any atom is -0.384 e. The molecule has 1 fully saturated rings. The SMILES string of the molecule is C=C1N=C(N)C=CN1[C@@H]1O[C@H](COP(=O)(O)OP(=O)(O)OP(=O)(O)O)[C@H](F)C1(C)O. The van der Waals surface area contributed by atoms with Crippen molar-refractivity contribution in [3.8, 4) is 0 Å². The lowest BCUT2D eigenvalue weighted by molar-refractivity contribution is -0.106.